The first kappa shape index (κ1) is 11.6. The predicted octanol–water partition coefficient (Wildman–Crippen LogP) is 2.19. The number of carbonyl (C=O) groups excluding carboxylic acids is 1. The van der Waals surface area contributed by atoms with E-state index in [9.17, 15) is 18.0 Å². The predicted molar refractivity (Wildman–Crippen MR) is 39.8 cm³/mol. The standard InChI is InChI=1S/C6H9F3O2S/c1-2-5(10)11-3-4-12-6(7,8)9/h2-4H2,1H3. The second-order valence-electron chi connectivity index (χ2n) is 1.87. The third kappa shape index (κ3) is 7.71. The SMILES string of the molecule is CCC(=O)OCCSC(F)(F)F. The normalized spacial score (nSPS) is 11.3. The lowest BCUT2D eigenvalue weighted by atomic mass is 10.5. The van der Waals surface area contributed by atoms with E-state index in [1.165, 1.54) is 0 Å². The number of halogens is 3. The van der Waals surface area contributed by atoms with Gasteiger partial charge in [-0.15, -0.1) is 0 Å². The van der Waals surface area contributed by atoms with Crippen molar-refractivity contribution in [3.63, 3.8) is 0 Å². The molecule has 0 aromatic rings. The van der Waals surface area contributed by atoms with Crippen LogP contribution in [0.25, 0.3) is 0 Å². The summed E-state index contributed by atoms with van der Waals surface area (Å²) < 4.78 is 38.9. The number of thioether (sulfide) groups is 1. The third-order valence-corrected chi connectivity index (χ3v) is 1.60. The van der Waals surface area contributed by atoms with E-state index in [1.807, 2.05) is 0 Å². The Kier molecular flexibility index (Phi) is 5.12. The molecule has 0 amide bonds. The van der Waals surface area contributed by atoms with E-state index >= 15 is 0 Å². The maximum atomic E-state index is 11.5. The summed E-state index contributed by atoms with van der Waals surface area (Å²) in [5.74, 6) is -0.715. The monoisotopic (exact) mass is 202 g/mol. The zero-order valence-electron chi connectivity index (χ0n) is 6.48. The Balaban J connectivity index is 3.28. The van der Waals surface area contributed by atoms with Gasteiger partial charge in [0.15, 0.2) is 0 Å². The van der Waals surface area contributed by atoms with Gasteiger partial charge in [0.2, 0.25) is 0 Å². The highest BCUT2D eigenvalue weighted by Crippen LogP contribution is 2.29. The van der Waals surface area contributed by atoms with Crippen molar-refractivity contribution in [2.24, 2.45) is 0 Å². The lowest BCUT2D eigenvalue weighted by Crippen LogP contribution is -2.09. The highest BCUT2D eigenvalue weighted by atomic mass is 32.2. The molecule has 2 nitrogen and oxygen atoms in total. The molecule has 0 aromatic carbocycles. The van der Waals surface area contributed by atoms with Gasteiger partial charge in [-0.2, -0.15) is 13.2 Å². The van der Waals surface area contributed by atoms with Crippen LogP contribution in [-0.4, -0.2) is 23.8 Å². The molecule has 0 N–H and O–H groups in total. The number of hydrogen-bond acceptors (Lipinski definition) is 3. The molecule has 0 radical (unpaired) electrons. The van der Waals surface area contributed by atoms with Crippen molar-refractivity contribution in [3.05, 3.63) is 0 Å². The van der Waals surface area contributed by atoms with Crippen molar-refractivity contribution in [1.82, 2.24) is 0 Å². The molecule has 72 valence electrons. The van der Waals surface area contributed by atoms with Crippen LogP contribution >= 0.6 is 11.8 Å². The molecule has 0 heterocycles. The summed E-state index contributed by atoms with van der Waals surface area (Å²) in [7, 11) is 0. The molecule has 0 atom stereocenters. The van der Waals surface area contributed by atoms with Crippen LogP contribution in [0, 0.1) is 0 Å². The Morgan fingerprint density at radius 3 is 2.50 bits per heavy atom. The zero-order chi connectivity index (χ0) is 9.61. The summed E-state index contributed by atoms with van der Waals surface area (Å²) in [5, 5.41) is 0. The van der Waals surface area contributed by atoms with Gasteiger partial charge in [-0.3, -0.25) is 4.79 Å². The first-order valence-corrected chi connectivity index (χ1v) is 4.30. The lowest BCUT2D eigenvalue weighted by molar-refractivity contribution is -0.142. The number of hydrogen-bond donors (Lipinski definition) is 0. The molecule has 0 unspecified atom stereocenters. The topological polar surface area (TPSA) is 26.3 Å². The maximum Gasteiger partial charge on any atom is 0.441 e. The Bertz CT molecular complexity index is 146. The highest BCUT2D eigenvalue weighted by Gasteiger charge is 2.27. The molecule has 0 aliphatic carbocycles. The van der Waals surface area contributed by atoms with Gasteiger partial charge in [-0.1, -0.05) is 6.92 Å². The smallest absolute Gasteiger partial charge is 0.441 e. The fraction of sp³-hybridized carbons (Fsp3) is 0.833. The number of rotatable bonds is 4. The fourth-order valence-electron chi connectivity index (χ4n) is 0.415. The number of esters is 1. The molecular weight excluding hydrogens is 193 g/mol. The van der Waals surface area contributed by atoms with Crippen LogP contribution < -0.4 is 0 Å². The zero-order valence-corrected chi connectivity index (χ0v) is 7.30. The molecule has 0 fully saturated rings. The molecule has 0 saturated heterocycles. The second-order valence-corrected chi connectivity index (χ2v) is 3.03. The molecule has 6 heteroatoms. The van der Waals surface area contributed by atoms with Gasteiger partial charge in [0.25, 0.3) is 0 Å². The Labute approximate surface area is 72.5 Å². The summed E-state index contributed by atoms with van der Waals surface area (Å²) in [5.41, 5.74) is -4.24. The third-order valence-electron chi connectivity index (χ3n) is 0.901. The van der Waals surface area contributed by atoms with Gasteiger partial charge in [-0.25, -0.2) is 0 Å². The first-order chi connectivity index (χ1) is 5.45. The summed E-state index contributed by atoms with van der Waals surface area (Å²) >= 11 is -0.191. The summed E-state index contributed by atoms with van der Waals surface area (Å²) in [6.45, 7) is 1.40. The average Bonchev–Trinajstić information content (AvgIpc) is 1.96. The molecule has 0 aliphatic heterocycles. The van der Waals surface area contributed by atoms with Crippen LogP contribution in [-0.2, 0) is 9.53 Å². The Morgan fingerprint density at radius 2 is 2.08 bits per heavy atom. The number of alkyl halides is 3. The molecular formula is C6H9F3O2S. The van der Waals surface area contributed by atoms with Crippen molar-refractivity contribution >= 4 is 17.7 Å². The summed E-state index contributed by atoms with van der Waals surface area (Å²) in [4.78, 5) is 10.4. The minimum absolute atomic E-state index is 0.184. The second kappa shape index (κ2) is 5.29. The summed E-state index contributed by atoms with van der Waals surface area (Å²) in [6, 6.07) is 0. The molecule has 0 saturated carbocycles. The van der Waals surface area contributed by atoms with Crippen LogP contribution in [0.3, 0.4) is 0 Å². The van der Waals surface area contributed by atoms with Crippen LogP contribution in [0.5, 0.6) is 0 Å². The van der Waals surface area contributed by atoms with Gasteiger partial charge in [0, 0.05) is 12.2 Å². The molecule has 12 heavy (non-hydrogen) atoms. The molecule has 0 aromatic heterocycles. The van der Waals surface area contributed by atoms with E-state index < -0.39 is 11.5 Å². The molecule has 0 spiro atoms. The van der Waals surface area contributed by atoms with Crippen molar-refractivity contribution in [1.29, 1.82) is 0 Å². The van der Waals surface area contributed by atoms with E-state index in [1.54, 1.807) is 6.92 Å². The van der Waals surface area contributed by atoms with E-state index in [0.717, 1.165) is 0 Å². The van der Waals surface area contributed by atoms with Gasteiger partial charge >= 0.3 is 11.5 Å². The van der Waals surface area contributed by atoms with Gasteiger partial charge < -0.3 is 4.74 Å². The van der Waals surface area contributed by atoms with Crippen LogP contribution in [0.15, 0.2) is 0 Å². The largest absolute Gasteiger partial charge is 0.465 e. The van der Waals surface area contributed by atoms with Gasteiger partial charge in [-0.05, 0) is 11.8 Å². The van der Waals surface area contributed by atoms with E-state index in [0.29, 0.717) is 0 Å². The fourth-order valence-corrected chi connectivity index (χ4v) is 0.813. The molecule has 0 rings (SSSR count). The van der Waals surface area contributed by atoms with Gasteiger partial charge in [0.05, 0.1) is 0 Å². The highest BCUT2D eigenvalue weighted by molar-refractivity contribution is 8.00. The average molecular weight is 202 g/mol. The lowest BCUT2D eigenvalue weighted by Gasteiger charge is -2.05. The van der Waals surface area contributed by atoms with E-state index in [-0.39, 0.29) is 30.5 Å². The minimum Gasteiger partial charge on any atom is -0.465 e. The first-order valence-electron chi connectivity index (χ1n) is 3.32. The van der Waals surface area contributed by atoms with Crippen LogP contribution in [0.1, 0.15) is 13.3 Å². The summed E-state index contributed by atoms with van der Waals surface area (Å²) in [6.07, 6.45) is 0.191. The van der Waals surface area contributed by atoms with Crippen molar-refractivity contribution < 1.29 is 22.7 Å². The van der Waals surface area contributed by atoms with E-state index in [4.69, 9.17) is 0 Å². The quantitative estimate of drug-likeness (QED) is 0.516. The molecule has 0 bridgehead atoms. The minimum atomic E-state index is -4.24. The van der Waals surface area contributed by atoms with Crippen molar-refractivity contribution in [3.8, 4) is 0 Å². The Hall–Kier alpha value is -0.390. The van der Waals surface area contributed by atoms with Crippen LogP contribution in [0.2, 0.25) is 0 Å². The van der Waals surface area contributed by atoms with Crippen molar-refractivity contribution in [2.45, 2.75) is 18.9 Å². The maximum absolute atomic E-state index is 11.5. The number of ether oxygens (including phenoxy) is 1. The van der Waals surface area contributed by atoms with Gasteiger partial charge in [0.1, 0.15) is 6.61 Å². The molecule has 0 aliphatic rings. The Morgan fingerprint density at radius 1 is 1.50 bits per heavy atom. The van der Waals surface area contributed by atoms with Crippen molar-refractivity contribution in [2.75, 3.05) is 12.4 Å². The van der Waals surface area contributed by atoms with E-state index in [2.05, 4.69) is 4.74 Å². The van der Waals surface area contributed by atoms with Crippen LogP contribution in [0.4, 0.5) is 13.2 Å². The number of carbonyl (C=O) groups is 1.